The average Bonchev–Trinajstić information content (AvgIpc) is 1.87. The lowest BCUT2D eigenvalue weighted by molar-refractivity contribution is 0.0771. The van der Waals surface area contributed by atoms with Crippen LogP contribution in [0.15, 0.2) is 0 Å². The summed E-state index contributed by atoms with van der Waals surface area (Å²) in [5.74, 6) is 0. The molecule has 0 aromatic carbocycles. The maximum atomic E-state index is 9.97. The summed E-state index contributed by atoms with van der Waals surface area (Å²) in [5.41, 5.74) is 0. The highest BCUT2D eigenvalue weighted by Gasteiger charge is 1.92. The minimum atomic E-state index is -1.83. The van der Waals surface area contributed by atoms with Crippen LogP contribution in [0.2, 0.25) is 0 Å². The maximum Gasteiger partial charge on any atom is 0.507 e. The molecule has 0 spiro atoms. The van der Waals surface area contributed by atoms with Gasteiger partial charge in [-0.05, 0) is 6.92 Å². The Morgan fingerprint density at radius 1 is 1.36 bits per heavy atom. The topological polar surface area (TPSA) is 93.1 Å². The Labute approximate surface area is 63.3 Å². The second kappa shape index (κ2) is 8.54. The second-order valence-corrected chi connectivity index (χ2v) is 1.17. The molecule has 2 N–H and O–H groups in total. The highest BCUT2D eigenvalue weighted by Crippen LogP contribution is 1.77. The Hall–Kier alpha value is -1.46. The molecule has 0 fully saturated rings. The van der Waals surface area contributed by atoms with Crippen LogP contribution in [-0.2, 0) is 9.47 Å². The maximum absolute atomic E-state index is 9.97. The summed E-state index contributed by atoms with van der Waals surface area (Å²) >= 11 is 0. The molecule has 0 bridgehead atoms. The first-order valence-electron chi connectivity index (χ1n) is 2.67. The molecule has 0 amide bonds. The lowest BCUT2D eigenvalue weighted by atomic mass is 10.9. The van der Waals surface area contributed by atoms with Crippen molar-refractivity contribution in [3.63, 3.8) is 0 Å². The van der Waals surface area contributed by atoms with Crippen LogP contribution in [0, 0.1) is 0 Å². The molecule has 0 aliphatic carbocycles. The van der Waals surface area contributed by atoms with Crippen LogP contribution in [0.3, 0.4) is 0 Å². The molecule has 0 aliphatic heterocycles. The zero-order valence-corrected chi connectivity index (χ0v) is 6.23. The summed E-state index contributed by atoms with van der Waals surface area (Å²) in [6, 6.07) is 0. The first kappa shape index (κ1) is 12.2. The van der Waals surface area contributed by atoms with Gasteiger partial charge in [0.25, 0.3) is 0 Å². The van der Waals surface area contributed by atoms with Gasteiger partial charge in [-0.25, -0.2) is 9.59 Å². The quantitative estimate of drug-likeness (QED) is 0.564. The smallest absolute Gasteiger partial charge is 0.450 e. The normalized spacial score (nSPS) is 7.09. The molecular formula is C5H10O6. The van der Waals surface area contributed by atoms with E-state index in [1.54, 1.807) is 6.92 Å². The third kappa shape index (κ3) is 29.1. The van der Waals surface area contributed by atoms with E-state index in [0.717, 1.165) is 0 Å². The largest absolute Gasteiger partial charge is 0.507 e. The van der Waals surface area contributed by atoms with E-state index in [2.05, 4.69) is 9.47 Å². The minimum absolute atomic E-state index is 0.368. The fourth-order valence-corrected chi connectivity index (χ4v) is 0.177. The summed E-state index contributed by atoms with van der Waals surface area (Å²) in [7, 11) is 1.28. The van der Waals surface area contributed by atoms with Gasteiger partial charge in [0.1, 0.15) is 0 Å². The van der Waals surface area contributed by atoms with Crippen molar-refractivity contribution >= 4 is 12.3 Å². The van der Waals surface area contributed by atoms with Gasteiger partial charge in [0, 0.05) is 0 Å². The van der Waals surface area contributed by atoms with Crippen LogP contribution in [0.5, 0.6) is 0 Å². The standard InChI is InChI=1S/C4H8O3.CH2O3/c1-3-7-4(5)6-2;2-1(3)4/h3H2,1-2H3;(H2,2,3,4). The molecule has 0 aliphatic rings. The summed E-state index contributed by atoms with van der Waals surface area (Å²) < 4.78 is 8.46. The monoisotopic (exact) mass is 166 g/mol. The molecule has 6 nitrogen and oxygen atoms in total. The van der Waals surface area contributed by atoms with E-state index in [1.165, 1.54) is 7.11 Å². The van der Waals surface area contributed by atoms with Gasteiger partial charge in [0.2, 0.25) is 0 Å². The summed E-state index contributed by atoms with van der Waals surface area (Å²) in [5, 5.41) is 13.9. The van der Waals surface area contributed by atoms with E-state index in [-0.39, 0.29) is 0 Å². The Bertz CT molecular complexity index is 116. The van der Waals surface area contributed by atoms with E-state index in [9.17, 15) is 4.79 Å². The van der Waals surface area contributed by atoms with Crippen LogP contribution >= 0.6 is 0 Å². The zero-order chi connectivity index (χ0) is 9.28. The Balaban J connectivity index is 0. The molecular weight excluding hydrogens is 156 g/mol. The van der Waals surface area contributed by atoms with Gasteiger partial charge in [0.05, 0.1) is 13.7 Å². The fourth-order valence-electron chi connectivity index (χ4n) is 0.177. The van der Waals surface area contributed by atoms with Gasteiger partial charge in [-0.3, -0.25) is 0 Å². The lowest BCUT2D eigenvalue weighted by Crippen LogP contribution is -2.02. The molecule has 11 heavy (non-hydrogen) atoms. The molecule has 0 heterocycles. The molecule has 0 unspecified atom stereocenters. The molecule has 0 aromatic rings. The third-order valence-electron chi connectivity index (χ3n) is 0.429. The minimum Gasteiger partial charge on any atom is -0.450 e. The van der Waals surface area contributed by atoms with Crippen LogP contribution in [-0.4, -0.2) is 36.2 Å². The van der Waals surface area contributed by atoms with Crippen LogP contribution in [0.1, 0.15) is 6.92 Å². The molecule has 0 aromatic heterocycles. The summed E-state index contributed by atoms with van der Waals surface area (Å²) in [4.78, 5) is 18.5. The van der Waals surface area contributed by atoms with Gasteiger partial charge >= 0.3 is 12.3 Å². The Morgan fingerprint density at radius 2 is 1.73 bits per heavy atom. The lowest BCUT2D eigenvalue weighted by Gasteiger charge is -1.94. The van der Waals surface area contributed by atoms with Crippen molar-refractivity contribution in [2.45, 2.75) is 6.92 Å². The van der Waals surface area contributed by atoms with E-state index in [4.69, 9.17) is 15.0 Å². The number of carbonyl (C=O) groups excluding carboxylic acids is 1. The number of rotatable bonds is 1. The van der Waals surface area contributed by atoms with Crippen LogP contribution in [0.4, 0.5) is 9.59 Å². The van der Waals surface area contributed by atoms with E-state index in [1.807, 2.05) is 0 Å². The molecule has 6 heteroatoms. The average molecular weight is 166 g/mol. The molecule has 0 radical (unpaired) electrons. The van der Waals surface area contributed by atoms with Gasteiger partial charge in [-0.1, -0.05) is 0 Å². The van der Waals surface area contributed by atoms with Crippen molar-refractivity contribution in [1.29, 1.82) is 0 Å². The molecule has 0 atom stereocenters. The molecule has 66 valence electrons. The van der Waals surface area contributed by atoms with Crippen molar-refractivity contribution in [3.8, 4) is 0 Å². The van der Waals surface area contributed by atoms with Crippen molar-refractivity contribution in [3.05, 3.63) is 0 Å². The summed E-state index contributed by atoms with van der Waals surface area (Å²) in [6.45, 7) is 2.09. The molecule has 0 saturated heterocycles. The van der Waals surface area contributed by atoms with Crippen molar-refractivity contribution in [1.82, 2.24) is 0 Å². The second-order valence-electron chi connectivity index (χ2n) is 1.17. The molecule has 0 rings (SSSR count). The van der Waals surface area contributed by atoms with Crippen LogP contribution in [0.25, 0.3) is 0 Å². The zero-order valence-electron chi connectivity index (χ0n) is 6.23. The Kier molecular flexibility index (Phi) is 9.50. The van der Waals surface area contributed by atoms with Crippen molar-refractivity contribution in [2.24, 2.45) is 0 Å². The van der Waals surface area contributed by atoms with Crippen molar-refractivity contribution < 1.29 is 29.3 Å². The van der Waals surface area contributed by atoms with E-state index < -0.39 is 12.3 Å². The van der Waals surface area contributed by atoms with Gasteiger partial charge in [-0.15, -0.1) is 0 Å². The highest BCUT2D eigenvalue weighted by atomic mass is 16.7. The van der Waals surface area contributed by atoms with Crippen molar-refractivity contribution in [2.75, 3.05) is 13.7 Å². The van der Waals surface area contributed by atoms with Gasteiger partial charge in [0.15, 0.2) is 0 Å². The number of ether oxygens (including phenoxy) is 2. The predicted molar refractivity (Wildman–Crippen MR) is 34.7 cm³/mol. The van der Waals surface area contributed by atoms with Gasteiger partial charge in [-0.2, -0.15) is 0 Å². The SMILES string of the molecule is CCOC(=O)OC.O=C(O)O. The Morgan fingerprint density at radius 3 is 1.82 bits per heavy atom. The van der Waals surface area contributed by atoms with Gasteiger partial charge < -0.3 is 19.7 Å². The number of carboxylic acid groups (broad SMARTS) is 2. The fraction of sp³-hybridized carbons (Fsp3) is 0.600. The van der Waals surface area contributed by atoms with E-state index in [0.29, 0.717) is 6.61 Å². The third-order valence-corrected chi connectivity index (χ3v) is 0.429. The predicted octanol–water partition coefficient (Wildman–Crippen LogP) is 1.01. The number of hydrogen-bond donors (Lipinski definition) is 2. The first-order chi connectivity index (χ1) is 5.04. The number of carbonyl (C=O) groups is 2. The van der Waals surface area contributed by atoms with E-state index >= 15 is 0 Å². The highest BCUT2D eigenvalue weighted by molar-refractivity contribution is 5.59. The first-order valence-corrected chi connectivity index (χ1v) is 2.67. The number of hydrogen-bond acceptors (Lipinski definition) is 4. The van der Waals surface area contributed by atoms with Crippen LogP contribution < -0.4 is 0 Å². The summed E-state index contributed by atoms with van der Waals surface area (Å²) in [6.07, 6.45) is -2.46. The molecule has 0 saturated carbocycles. The number of methoxy groups -OCH3 is 1.